The van der Waals surface area contributed by atoms with Crippen LogP contribution < -0.4 is 5.32 Å². The molecule has 2 atom stereocenters. The van der Waals surface area contributed by atoms with E-state index in [1.54, 1.807) is 0 Å². The molecule has 0 saturated heterocycles. The molecule has 0 fully saturated rings. The van der Waals surface area contributed by atoms with Gasteiger partial charge in [-0.2, -0.15) is 0 Å². The molecule has 0 aliphatic rings. The van der Waals surface area contributed by atoms with Crippen molar-refractivity contribution in [2.24, 2.45) is 11.8 Å². The van der Waals surface area contributed by atoms with Crippen LogP contribution in [0.4, 0.5) is 0 Å². The minimum atomic E-state index is 0.749. The molecule has 0 heterocycles. The molecule has 0 amide bonds. The van der Waals surface area contributed by atoms with Gasteiger partial charge in [-0.15, -0.1) is 0 Å². The highest BCUT2D eigenvalue weighted by atomic mass is 14.9. The highest BCUT2D eigenvalue weighted by molar-refractivity contribution is 4.69. The van der Waals surface area contributed by atoms with Crippen LogP contribution in [0, 0.1) is 11.8 Å². The highest BCUT2D eigenvalue weighted by Crippen LogP contribution is 2.15. The lowest BCUT2D eigenvalue weighted by Gasteiger charge is -2.21. The second kappa shape index (κ2) is 9.21. The first kappa shape index (κ1) is 15.0. The van der Waals surface area contributed by atoms with Gasteiger partial charge in [0.1, 0.15) is 0 Å². The van der Waals surface area contributed by atoms with E-state index in [1.807, 2.05) is 0 Å². The first-order valence-corrected chi connectivity index (χ1v) is 6.83. The number of hydrogen-bond donors (Lipinski definition) is 1. The van der Waals surface area contributed by atoms with Crippen molar-refractivity contribution in [3.8, 4) is 0 Å². The van der Waals surface area contributed by atoms with E-state index in [-0.39, 0.29) is 0 Å². The van der Waals surface area contributed by atoms with Gasteiger partial charge in [0.25, 0.3) is 0 Å². The van der Waals surface area contributed by atoms with Crippen molar-refractivity contribution in [3.63, 3.8) is 0 Å². The first-order valence-electron chi connectivity index (χ1n) is 6.83. The fourth-order valence-electron chi connectivity index (χ4n) is 1.91. The topological polar surface area (TPSA) is 12.0 Å². The van der Waals surface area contributed by atoms with Gasteiger partial charge < -0.3 is 5.32 Å². The molecule has 0 aromatic rings. The summed E-state index contributed by atoms with van der Waals surface area (Å²) < 4.78 is 0. The summed E-state index contributed by atoms with van der Waals surface area (Å²) >= 11 is 0. The van der Waals surface area contributed by atoms with Gasteiger partial charge in [-0.3, -0.25) is 0 Å². The molecule has 0 aromatic carbocycles. The van der Waals surface area contributed by atoms with Crippen LogP contribution >= 0.6 is 0 Å². The van der Waals surface area contributed by atoms with Crippen LogP contribution in [0.5, 0.6) is 0 Å². The lowest BCUT2D eigenvalue weighted by atomic mass is 9.94. The van der Waals surface area contributed by atoms with Gasteiger partial charge in [0.15, 0.2) is 0 Å². The van der Waals surface area contributed by atoms with Gasteiger partial charge in [-0.05, 0) is 44.1 Å². The second-order valence-electron chi connectivity index (χ2n) is 5.37. The Morgan fingerprint density at radius 3 is 2.13 bits per heavy atom. The average Bonchev–Trinajstić information content (AvgIpc) is 2.20. The van der Waals surface area contributed by atoms with Gasteiger partial charge in [-0.25, -0.2) is 0 Å². The molecule has 15 heavy (non-hydrogen) atoms. The third-order valence-electron chi connectivity index (χ3n) is 3.14. The molecule has 0 aromatic heterocycles. The zero-order valence-corrected chi connectivity index (χ0v) is 11.5. The largest absolute Gasteiger partial charge is 0.314 e. The Bertz CT molecular complexity index is 131. The lowest BCUT2D eigenvalue weighted by molar-refractivity contribution is 0.361. The molecule has 1 heteroatoms. The zero-order valence-electron chi connectivity index (χ0n) is 11.5. The molecule has 0 rings (SSSR count). The van der Waals surface area contributed by atoms with Gasteiger partial charge in [0.2, 0.25) is 0 Å². The highest BCUT2D eigenvalue weighted by Gasteiger charge is 2.11. The fraction of sp³-hybridized carbons (Fsp3) is 1.00. The van der Waals surface area contributed by atoms with Gasteiger partial charge in [-0.1, -0.05) is 41.0 Å². The third-order valence-corrected chi connectivity index (χ3v) is 3.14. The zero-order chi connectivity index (χ0) is 11.7. The Morgan fingerprint density at radius 2 is 1.67 bits per heavy atom. The van der Waals surface area contributed by atoms with Crippen molar-refractivity contribution < 1.29 is 0 Å². The van der Waals surface area contributed by atoms with Crippen molar-refractivity contribution >= 4 is 0 Å². The molecule has 0 radical (unpaired) electrons. The maximum Gasteiger partial charge on any atom is 0.00695 e. The van der Waals surface area contributed by atoms with E-state index in [9.17, 15) is 0 Å². The number of hydrogen-bond acceptors (Lipinski definition) is 1. The summed E-state index contributed by atoms with van der Waals surface area (Å²) in [7, 11) is 0. The molecular weight excluding hydrogens is 182 g/mol. The van der Waals surface area contributed by atoms with Crippen LogP contribution in [0.2, 0.25) is 0 Å². The Balaban J connectivity index is 3.78. The third kappa shape index (κ3) is 8.92. The standard InChI is InChI=1S/C14H31N/c1-6-10-15-14(11-12(3)4)9-8-13(5)7-2/h12-15H,6-11H2,1-5H3. The Morgan fingerprint density at radius 1 is 1.00 bits per heavy atom. The summed E-state index contributed by atoms with van der Waals surface area (Å²) in [6.07, 6.45) is 6.63. The van der Waals surface area contributed by atoms with Crippen LogP contribution in [0.25, 0.3) is 0 Å². The van der Waals surface area contributed by atoms with E-state index in [2.05, 4.69) is 39.9 Å². The minimum absolute atomic E-state index is 0.749. The van der Waals surface area contributed by atoms with Crippen molar-refractivity contribution in [2.75, 3.05) is 6.54 Å². The van der Waals surface area contributed by atoms with E-state index in [0.29, 0.717) is 0 Å². The van der Waals surface area contributed by atoms with Crippen LogP contribution in [-0.2, 0) is 0 Å². The van der Waals surface area contributed by atoms with Gasteiger partial charge in [0, 0.05) is 6.04 Å². The average molecular weight is 213 g/mol. The van der Waals surface area contributed by atoms with Gasteiger partial charge >= 0.3 is 0 Å². The smallest absolute Gasteiger partial charge is 0.00695 e. The van der Waals surface area contributed by atoms with Crippen molar-refractivity contribution in [3.05, 3.63) is 0 Å². The van der Waals surface area contributed by atoms with Crippen molar-refractivity contribution in [2.45, 2.75) is 72.8 Å². The van der Waals surface area contributed by atoms with E-state index in [1.165, 1.54) is 38.6 Å². The Labute approximate surface area is 97.0 Å². The number of rotatable bonds is 9. The summed E-state index contributed by atoms with van der Waals surface area (Å²) in [5, 5.41) is 3.68. The Hall–Kier alpha value is -0.0400. The predicted octanol–water partition coefficient (Wildman–Crippen LogP) is 4.23. The fourth-order valence-corrected chi connectivity index (χ4v) is 1.91. The summed E-state index contributed by atoms with van der Waals surface area (Å²) in [5.41, 5.74) is 0. The molecule has 2 unspecified atom stereocenters. The van der Waals surface area contributed by atoms with E-state index >= 15 is 0 Å². The van der Waals surface area contributed by atoms with Crippen LogP contribution in [0.15, 0.2) is 0 Å². The van der Waals surface area contributed by atoms with E-state index < -0.39 is 0 Å². The molecule has 1 N–H and O–H groups in total. The molecule has 1 nitrogen and oxygen atoms in total. The maximum atomic E-state index is 3.68. The normalized spacial score (nSPS) is 15.6. The molecular formula is C14H31N. The van der Waals surface area contributed by atoms with Crippen LogP contribution in [0.1, 0.15) is 66.7 Å². The quantitative estimate of drug-likeness (QED) is 0.604. The molecule has 0 aliphatic heterocycles. The predicted molar refractivity (Wildman–Crippen MR) is 70.2 cm³/mol. The van der Waals surface area contributed by atoms with E-state index in [4.69, 9.17) is 0 Å². The molecule has 0 saturated carbocycles. The maximum absolute atomic E-state index is 3.68. The first-order chi connectivity index (χ1) is 7.10. The molecule has 92 valence electrons. The molecule has 0 spiro atoms. The lowest BCUT2D eigenvalue weighted by Crippen LogP contribution is -2.31. The summed E-state index contributed by atoms with van der Waals surface area (Å²) in [6.45, 7) is 12.7. The minimum Gasteiger partial charge on any atom is -0.314 e. The molecule has 0 aliphatic carbocycles. The summed E-state index contributed by atoms with van der Waals surface area (Å²) in [6, 6.07) is 0.749. The monoisotopic (exact) mass is 213 g/mol. The van der Waals surface area contributed by atoms with E-state index in [0.717, 1.165) is 17.9 Å². The summed E-state index contributed by atoms with van der Waals surface area (Å²) in [4.78, 5) is 0. The SMILES string of the molecule is CCCNC(CCC(C)CC)CC(C)C. The van der Waals surface area contributed by atoms with Crippen molar-refractivity contribution in [1.82, 2.24) is 5.32 Å². The van der Waals surface area contributed by atoms with Crippen LogP contribution in [0.3, 0.4) is 0 Å². The Kier molecular flexibility index (Phi) is 9.18. The molecule has 0 bridgehead atoms. The number of nitrogens with one attached hydrogen (secondary N) is 1. The summed E-state index contributed by atoms with van der Waals surface area (Å²) in [5.74, 6) is 1.71. The van der Waals surface area contributed by atoms with Crippen molar-refractivity contribution in [1.29, 1.82) is 0 Å². The van der Waals surface area contributed by atoms with Gasteiger partial charge in [0.05, 0.1) is 0 Å². The van der Waals surface area contributed by atoms with Crippen LogP contribution in [-0.4, -0.2) is 12.6 Å². The second-order valence-corrected chi connectivity index (χ2v) is 5.37.